The molecule has 1 heterocycles. The second-order valence-corrected chi connectivity index (χ2v) is 6.44. The molecule has 0 radical (unpaired) electrons. The largest absolute Gasteiger partial charge is 0.465 e. The van der Waals surface area contributed by atoms with Crippen LogP contribution in [0.1, 0.15) is 12.8 Å². The molecule has 5 rings (SSSR count). The maximum atomic E-state index is 11.7. The van der Waals surface area contributed by atoms with Gasteiger partial charge in [0.05, 0.1) is 12.5 Å². The first-order valence-corrected chi connectivity index (χ1v) is 6.69. The molecule has 0 aromatic rings. The Morgan fingerprint density at radius 1 is 1.12 bits per heavy atom. The molecule has 4 fully saturated rings. The van der Waals surface area contributed by atoms with E-state index < -0.39 is 0 Å². The zero-order chi connectivity index (χ0) is 10.4. The van der Waals surface area contributed by atoms with Gasteiger partial charge in [-0.2, -0.15) is 0 Å². The van der Waals surface area contributed by atoms with E-state index in [2.05, 4.69) is 12.2 Å². The fourth-order valence-corrected chi connectivity index (χ4v) is 6.00. The highest BCUT2D eigenvalue weighted by Gasteiger charge is 2.71. The summed E-state index contributed by atoms with van der Waals surface area (Å²) in [6, 6.07) is 0. The molecule has 0 aromatic heterocycles. The first-order valence-electron chi connectivity index (χ1n) is 6.69. The van der Waals surface area contributed by atoms with E-state index in [1.807, 2.05) is 0 Å². The molecule has 5 aliphatic rings. The van der Waals surface area contributed by atoms with Crippen LogP contribution in [0.4, 0.5) is 0 Å². The van der Waals surface area contributed by atoms with Gasteiger partial charge in [-0.3, -0.25) is 4.79 Å². The Hall–Kier alpha value is -0.790. The van der Waals surface area contributed by atoms with Crippen molar-refractivity contribution in [1.82, 2.24) is 0 Å². The lowest BCUT2D eigenvalue weighted by Gasteiger charge is -2.52. The second-order valence-electron chi connectivity index (χ2n) is 6.44. The summed E-state index contributed by atoms with van der Waals surface area (Å²) in [7, 11) is 0. The zero-order valence-electron chi connectivity index (χ0n) is 9.21. The lowest BCUT2D eigenvalue weighted by atomic mass is 9.50. The van der Waals surface area contributed by atoms with E-state index in [0.29, 0.717) is 17.8 Å². The number of cyclic esters (lactones) is 1. The molecule has 2 heteroatoms. The summed E-state index contributed by atoms with van der Waals surface area (Å²) in [4.78, 5) is 11.7. The topological polar surface area (TPSA) is 26.3 Å². The van der Waals surface area contributed by atoms with Crippen molar-refractivity contribution in [2.75, 3.05) is 6.61 Å². The summed E-state index contributed by atoms with van der Waals surface area (Å²) in [6.45, 7) is 0.735. The molecule has 84 valence electrons. The third kappa shape index (κ3) is 0.670. The Balaban J connectivity index is 1.57. The van der Waals surface area contributed by atoms with E-state index in [-0.39, 0.29) is 5.97 Å². The second kappa shape index (κ2) is 2.39. The minimum atomic E-state index is 0.123. The van der Waals surface area contributed by atoms with Crippen LogP contribution in [0.2, 0.25) is 0 Å². The number of allylic oxidation sites excluding steroid dienone is 2. The summed E-state index contributed by atoms with van der Waals surface area (Å²) in [5.74, 6) is 6.08. The number of carbonyl (C=O) groups is 1. The summed E-state index contributed by atoms with van der Waals surface area (Å²) in [5, 5.41) is 0. The molecular weight excluding hydrogens is 200 g/mol. The smallest absolute Gasteiger partial charge is 0.309 e. The number of hydrogen-bond donors (Lipinski definition) is 0. The Bertz CT molecular complexity index is 413. The van der Waals surface area contributed by atoms with Crippen LogP contribution in [0.25, 0.3) is 0 Å². The molecule has 0 N–H and O–H groups in total. The van der Waals surface area contributed by atoms with Gasteiger partial charge >= 0.3 is 5.97 Å². The van der Waals surface area contributed by atoms with Crippen molar-refractivity contribution in [3.63, 3.8) is 0 Å². The van der Waals surface area contributed by atoms with Gasteiger partial charge in [0.15, 0.2) is 0 Å². The lowest BCUT2D eigenvalue weighted by molar-refractivity contribution is -0.149. The van der Waals surface area contributed by atoms with Gasteiger partial charge < -0.3 is 4.74 Å². The van der Waals surface area contributed by atoms with Crippen molar-refractivity contribution in [3.8, 4) is 0 Å². The standard InChI is InChI=1S/C14H16O2/c15-14-13-10(5-16-14)11-8-4-9(12(11)13)7-3-1-2-6(7)8/h1,3,6-13H,2,4-5H2. The van der Waals surface area contributed by atoms with Crippen LogP contribution in [-0.4, -0.2) is 12.6 Å². The highest BCUT2D eigenvalue weighted by molar-refractivity contribution is 5.77. The lowest BCUT2D eigenvalue weighted by Crippen LogP contribution is -2.53. The predicted octanol–water partition coefficient (Wildman–Crippen LogP) is 1.86. The molecule has 16 heavy (non-hydrogen) atoms. The fourth-order valence-electron chi connectivity index (χ4n) is 6.00. The molecule has 4 aliphatic carbocycles. The van der Waals surface area contributed by atoms with Crippen molar-refractivity contribution in [2.45, 2.75) is 12.8 Å². The molecule has 0 spiro atoms. The van der Waals surface area contributed by atoms with Gasteiger partial charge in [0, 0.05) is 5.92 Å². The van der Waals surface area contributed by atoms with Crippen molar-refractivity contribution >= 4 is 5.97 Å². The van der Waals surface area contributed by atoms with Gasteiger partial charge in [0.25, 0.3) is 0 Å². The van der Waals surface area contributed by atoms with Gasteiger partial charge in [-0.15, -0.1) is 0 Å². The van der Waals surface area contributed by atoms with Crippen LogP contribution in [0.3, 0.4) is 0 Å². The molecule has 3 saturated carbocycles. The van der Waals surface area contributed by atoms with Crippen LogP contribution < -0.4 is 0 Å². The molecule has 1 saturated heterocycles. The maximum Gasteiger partial charge on any atom is 0.309 e. The van der Waals surface area contributed by atoms with Gasteiger partial charge in [0.1, 0.15) is 0 Å². The summed E-state index contributed by atoms with van der Waals surface area (Å²) in [5.41, 5.74) is 0. The molecule has 8 unspecified atom stereocenters. The average molecular weight is 216 g/mol. The SMILES string of the molecule is O=C1OCC2C1C1C3CC(C4CC=CC43)C21. The van der Waals surface area contributed by atoms with E-state index >= 15 is 0 Å². The van der Waals surface area contributed by atoms with Gasteiger partial charge in [-0.05, 0) is 48.3 Å². The van der Waals surface area contributed by atoms with E-state index in [9.17, 15) is 4.79 Å². The van der Waals surface area contributed by atoms with Gasteiger partial charge in [0.2, 0.25) is 0 Å². The van der Waals surface area contributed by atoms with Crippen LogP contribution >= 0.6 is 0 Å². The minimum Gasteiger partial charge on any atom is -0.465 e. The molecule has 2 nitrogen and oxygen atoms in total. The summed E-state index contributed by atoms with van der Waals surface area (Å²) >= 11 is 0. The maximum absolute atomic E-state index is 11.7. The Kier molecular flexibility index (Phi) is 1.24. The number of hydrogen-bond acceptors (Lipinski definition) is 2. The van der Waals surface area contributed by atoms with E-state index in [0.717, 1.165) is 36.2 Å². The first-order chi connectivity index (χ1) is 7.86. The number of fused-ring (bicyclic) bond motifs is 11. The van der Waals surface area contributed by atoms with Crippen LogP contribution in [0.15, 0.2) is 12.2 Å². The van der Waals surface area contributed by atoms with E-state index in [4.69, 9.17) is 4.74 Å². The quantitative estimate of drug-likeness (QED) is 0.351. The van der Waals surface area contributed by atoms with E-state index in [1.165, 1.54) is 12.8 Å². The third-order valence-corrected chi connectivity index (χ3v) is 6.34. The summed E-state index contributed by atoms with van der Waals surface area (Å²) in [6.07, 6.45) is 7.54. The van der Waals surface area contributed by atoms with Crippen LogP contribution in [0, 0.1) is 47.3 Å². The zero-order valence-corrected chi connectivity index (χ0v) is 9.21. The Labute approximate surface area is 95.0 Å². The average Bonchev–Trinajstić information content (AvgIpc) is 2.87. The van der Waals surface area contributed by atoms with Crippen molar-refractivity contribution in [2.24, 2.45) is 47.3 Å². The molecule has 2 bridgehead atoms. The normalized spacial score (nSPS) is 63.9. The Morgan fingerprint density at radius 3 is 3.00 bits per heavy atom. The minimum absolute atomic E-state index is 0.123. The molecule has 0 amide bonds. The van der Waals surface area contributed by atoms with Crippen molar-refractivity contribution in [1.29, 1.82) is 0 Å². The van der Waals surface area contributed by atoms with Crippen LogP contribution in [-0.2, 0) is 9.53 Å². The van der Waals surface area contributed by atoms with Crippen molar-refractivity contribution < 1.29 is 9.53 Å². The third-order valence-electron chi connectivity index (χ3n) is 6.34. The van der Waals surface area contributed by atoms with Crippen molar-refractivity contribution in [3.05, 3.63) is 12.2 Å². The predicted molar refractivity (Wildman–Crippen MR) is 57.3 cm³/mol. The van der Waals surface area contributed by atoms with Crippen LogP contribution in [0.5, 0.6) is 0 Å². The fraction of sp³-hybridized carbons (Fsp3) is 0.786. The summed E-state index contributed by atoms with van der Waals surface area (Å²) < 4.78 is 5.27. The molecular formula is C14H16O2. The van der Waals surface area contributed by atoms with Gasteiger partial charge in [-0.25, -0.2) is 0 Å². The number of rotatable bonds is 0. The molecule has 8 atom stereocenters. The molecule has 0 aromatic carbocycles. The van der Waals surface area contributed by atoms with Gasteiger partial charge in [-0.1, -0.05) is 12.2 Å². The number of carbonyl (C=O) groups excluding carboxylic acids is 1. The highest BCUT2D eigenvalue weighted by atomic mass is 16.5. The number of ether oxygens (including phenoxy) is 1. The Morgan fingerprint density at radius 2 is 2.06 bits per heavy atom. The molecule has 1 aliphatic heterocycles. The highest BCUT2D eigenvalue weighted by Crippen LogP contribution is 2.72. The van der Waals surface area contributed by atoms with E-state index in [1.54, 1.807) is 0 Å². The first kappa shape index (κ1) is 8.32. The number of esters is 1. The monoisotopic (exact) mass is 216 g/mol.